The van der Waals surface area contributed by atoms with Crippen molar-refractivity contribution >= 4 is 39.1 Å². The van der Waals surface area contributed by atoms with Gasteiger partial charge in [-0.1, -0.05) is 33.6 Å². The van der Waals surface area contributed by atoms with Crippen LogP contribution in [0.4, 0.5) is 5.69 Å². The molecule has 0 heterocycles. The maximum absolute atomic E-state index is 12.0. The van der Waals surface area contributed by atoms with Crippen molar-refractivity contribution in [3.63, 3.8) is 0 Å². The van der Waals surface area contributed by atoms with E-state index < -0.39 is 5.91 Å². The second kappa shape index (κ2) is 5.50. The lowest BCUT2D eigenvalue weighted by molar-refractivity contribution is 0.102. The Hall–Kier alpha value is -1.72. The van der Waals surface area contributed by atoms with Crippen molar-refractivity contribution < 1.29 is 15.0 Å². The van der Waals surface area contributed by atoms with Crippen molar-refractivity contribution in [1.82, 2.24) is 0 Å². The van der Waals surface area contributed by atoms with Crippen LogP contribution in [-0.4, -0.2) is 16.1 Å². The Kier molecular flexibility index (Phi) is 3.97. The van der Waals surface area contributed by atoms with Crippen LogP contribution in [0.3, 0.4) is 0 Å². The Morgan fingerprint density at radius 1 is 1.16 bits per heavy atom. The molecule has 0 fully saturated rings. The molecule has 0 unspecified atom stereocenters. The van der Waals surface area contributed by atoms with Crippen LogP contribution in [0.5, 0.6) is 11.5 Å². The van der Waals surface area contributed by atoms with Crippen molar-refractivity contribution in [2.24, 2.45) is 0 Å². The molecule has 0 spiro atoms. The number of hydrogen-bond donors (Lipinski definition) is 3. The van der Waals surface area contributed by atoms with E-state index >= 15 is 0 Å². The summed E-state index contributed by atoms with van der Waals surface area (Å²) in [5.74, 6) is -1.25. The number of phenols is 2. The third-order valence-electron chi connectivity index (χ3n) is 2.42. The Labute approximate surface area is 122 Å². The molecule has 0 aromatic heterocycles. The van der Waals surface area contributed by atoms with Gasteiger partial charge in [-0.25, -0.2) is 0 Å². The molecule has 19 heavy (non-hydrogen) atoms. The van der Waals surface area contributed by atoms with Crippen molar-refractivity contribution in [3.05, 3.63) is 51.5 Å². The van der Waals surface area contributed by atoms with Crippen LogP contribution in [0.15, 0.2) is 40.9 Å². The van der Waals surface area contributed by atoms with Gasteiger partial charge < -0.3 is 15.5 Å². The second-order valence-corrected chi connectivity index (χ2v) is 5.07. The third kappa shape index (κ3) is 3.00. The summed E-state index contributed by atoms with van der Waals surface area (Å²) in [5, 5.41) is 22.1. The molecule has 2 aromatic carbocycles. The van der Waals surface area contributed by atoms with E-state index in [1.165, 1.54) is 18.2 Å². The fraction of sp³-hybridized carbons (Fsp3) is 0. The number of hydrogen-bond acceptors (Lipinski definition) is 3. The van der Waals surface area contributed by atoms with Gasteiger partial charge in [-0.15, -0.1) is 0 Å². The van der Waals surface area contributed by atoms with Gasteiger partial charge in [0.05, 0.1) is 10.7 Å². The molecule has 0 aliphatic rings. The molecule has 0 aliphatic carbocycles. The first-order valence-corrected chi connectivity index (χ1v) is 6.43. The standard InChI is InChI=1S/C13H9BrClNO3/c14-7-4-5-8(15)9(6-7)16-13(19)12-10(17)2-1-3-11(12)18/h1-6,17-18H,(H,16,19). The molecule has 0 saturated heterocycles. The van der Waals surface area contributed by atoms with Gasteiger partial charge in [0.25, 0.3) is 5.91 Å². The SMILES string of the molecule is O=C(Nc1cc(Br)ccc1Cl)c1c(O)cccc1O. The van der Waals surface area contributed by atoms with Gasteiger partial charge in [-0.2, -0.15) is 0 Å². The number of carbonyl (C=O) groups is 1. The van der Waals surface area contributed by atoms with Crippen LogP contribution in [0.2, 0.25) is 5.02 Å². The number of phenolic OH excluding ortho intramolecular Hbond substituents is 2. The first kappa shape index (κ1) is 13.7. The summed E-state index contributed by atoms with van der Waals surface area (Å²) >= 11 is 9.21. The van der Waals surface area contributed by atoms with Crippen LogP contribution in [-0.2, 0) is 0 Å². The smallest absolute Gasteiger partial charge is 0.263 e. The third-order valence-corrected chi connectivity index (χ3v) is 3.25. The predicted octanol–water partition coefficient (Wildman–Crippen LogP) is 3.77. The van der Waals surface area contributed by atoms with Crippen molar-refractivity contribution in [3.8, 4) is 11.5 Å². The minimum absolute atomic E-state index is 0.196. The minimum Gasteiger partial charge on any atom is -0.507 e. The summed E-state index contributed by atoms with van der Waals surface area (Å²) in [4.78, 5) is 12.0. The zero-order chi connectivity index (χ0) is 14.0. The molecule has 0 atom stereocenters. The average molecular weight is 343 g/mol. The lowest BCUT2D eigenvalue weighted by atomic mass is 10.1. The van der Waals surface area contributed by atoms with E-state index in [0.29, 0.717) is 10.7 Å². The Bertz CT molecular complexity index is 626. The van der Waals surface area contributed by atoms with E-state index in [4.69, 9.17) is 11.6 Å². The number of amides is 1. The van der Waals surface area contributed by atoms with Crippen LogP contribution in [0, 0.1) is 0 Å². The topological polar surface area (TPSA) is 69.6 Å². The Balaban J connectivity index is 2.34. The normalized spacial score (nSPS) is 10.2. The number of benzene rings is 2. The maximum atomic E-state index is 12.0. The summed E-state index contributed by atoms with van der Waals surface area (Å²) in [5.41, 5.74) is 0.183. The van der Waals surface area contributed by atoms with Gasteiger partial charge in [0.1, 0.15) is 17.1 Å². The van der Waals surface area contributed by atoms with E-state index in [2.05, 4.69) is 21.2 Å². The van der Waals surface area contributed by atoms with Gasteiger partial charge in [-0.3, -0.25) is 4.79 Å². The molecule has 2 aromatic rings. The monoisotopic (exact) mass is 341 g/mol. The highest BCUT2D eigenvalue weighted by Gasteiger charge is 2.17. The van der Waals surface area contributed by atoms with Gasteiger partial charge in [0.15, 0.2) is 0 Å². The van der Waals surface area contributed by atoms with Gasteiger partial charge in [-0.05, 0) is 30.3 Å². The number of nitrogens with one attached hydrogen (secondary N) is 1. The molecule has 4 nitrogen and oxygen atoms in total. The molecule has 0 bridgehead atoms. The molecule has 0 radical (unpaired) electrons. The highest BCUT2D eigenvalue weighted by Crippen LogP contribution is 2.30. The molecular formula is C13H9BrClNO3. The number of rotatable bonds is 2. The maximum Gasteiger partial charge on any atom is 0.263 e. The lowest BCUT2D eigenvalue weighted by Gasteiger charge is -2.10. The zero-order valence-electron chi connectivity index (χ0n) is 9.52. The average Bonchev–Trinajstić information content (AvgIpc) is 2.33. The van der Waals surface area contributed by atoms with Crippen LogP contribution in [0.1, 0.15) is 10.4 Å². The predicted molar refractivity (Wildman–Crippen MR) is 76.9 cm³/mol. The fourth-order valence-electron chi connectivity index (χ4n) is 1.54. The highest BCUT2D eigenvalue weighted by atomic mass is 79.9. The number of carbonyl (C=O) groups excluding carboxylic acids is 1. The summed E-state index contributed by atoms with van der Waals surface area (Å²) in [6, 6.07) is 9.04. The molecule has 1 amide bonds. The van der Waals surface area contributed by atoms with Crippen LogP contribution >= 0.6 is 27.5 Å². The molecule has 0 aliphatic heterocycles. The van der Waals surface area contributed by atoms with Gasteiger partial charge in [0.2, 0.25) is 0 Å². The van der Waals surface area contributed by atoms with E-state index in [9.17, 15) is 15.0 Å². The summed E-state index contributed by atoms with van der Waals surface area (Å²) in [6.07, 6.45) is 0. The first-order valence-electron chi connectivity index (χ1n) is 5.26. The molecule has 2 rings (SSSR count). The molecule has 3 N–H and O–H groups in total. The number of aromatic hydroxyl groups is 2. The van der Waals surface area contributed by atoms with Gasteiger partial charge in [0, 0.05) is 4.47 Å². The van der Waals surface area contributed by atoms with Crippen molar-refractivity contribution in [1.29, 1.82) is 0 Å². The molecule has 98 valence electrons. The summed E-state index contributed by atoms with van der Waals surface area (Å²) in [6.45, 7) is 0. The second-order valence-electron chi connectivity index (χ2n) is 3.75. The lowest BCUT2D eigenvalue weighted by Crippen LogP contribution is -2.12. The van der Waals surface area contributed by atoms with E-state index in [1.54, 1.807) is 18.2 Å². The molecule has 6 heteroatoms. The summed E-state index contributed by atoms with van der Waals surface area (Å²) < 4.78 is 0.744. The Morgan fingerprint density at radius 3 is 2.42 bits per heavy atom. The van der Waals surface area contributed by atoms with Crippen molar-refractivity contribution in [2.45, 2.75) is 0 Å². The van der Waals surface area contributed by atoms with E-state index in [-0.39, 0.29) is 17.1 Å². The quantitative estimate of drug-likeness (QED) is 0.778. The highest BCUT2D eigenvalue weighted by molar-refractivity contribution is 9.10. The summed E-state index contributed by atoms with van der Waals surface area (Å²) in [7, 11) is 0. The van der Waals surface area contributed by atoms with Crippen LogP contribution < -0.4 is 5.32 Å². The largest absolute Gasteiger partial charge is 0.507 e. The fourth-order valence-corrected chi connectivity index (χ4v) is 2.06. The minimum atomic E-state index is -0.643. The van der Waals surface area contributed by atoms with E-state index in [1.807, 2.05) is 0 Å². The number of anilines is 1. The van der Waals surface area contributed by atoms with Gasteiger partial charge >= 0.3 is 0 Å². The molecular weight excluding hydrogens is 334 g/mol. The van der Waals surface area contributed by atoms with Crippen molar-refractivity contribution in [2.75, 3.05) is 5.32 Å². The number of halogens is 2. The van der Waals surface area contributed by atoms with Crippen LogP contribution in [0.25, 0.3) is 0 Å². The van der Waals surface area contributed by atoms with E-state index in [0.717, 1.165) is 4.47 Å². The zero-order valence-corrected chi connectivity index (χ0v) is 11.9. The Morgan fingerprint density at radius 2 is 1.79 bits per heavy atom. The first-order chi connectivity index (χ1) is 8.99. The molecule has 0 saturated carbocycles.